The average Bonchev–Trinajstić information content (AvgIpc) is 3.03. The van der Waals surface area contributed by atoms with E-state index < -0.39 is 0 Å². The number of benzene rings is 2. The van der Waals surface area contributed by atoms with Gasteiger partial charge in [-0.3, -0.25) is 9.69 Å². The van der Waals surface area contributed by atoms with Gasteiger partial charge in [-0.1, -0.05) is 12.1 Å². The van der Waals surface area contributed by atoms with Gasteiger partial charge in [0.1, 0.15) is 6.07 Å². The van der Waals surface area contributed by atoms with Gasteiger partial charge in [-0.05, 0) is 89.4 Å². The highest BCUT2D eigenvalue weighted by molar-refractivity contribution is 9.10. The molecule has 2 aromatic carbocycles. The fourth-order valence-corrected chi connectivity index (χ4v) is 4.66. The number of carbonyl (C=O) groups is 1. The van der Waals surface area contributed by atoms with E-state index in [9.17, 15) is 4.79 Å². The Balaban J connectivity index is 1.97. The molecular weight excluding hydrogens is 478 g/mol. The van der Waals surface area contributed by atoms with Crippen molar-refractivity contribution >= 4 is 50.5 Å². The van der Waals surface area contributed by atoms with E-state index in [1.165, 1.54) is 18.9 Å². The summed E-state index contributed by atoms with van der Waals surface area (Å²) in [7, 11) is 1.53. The van der Waals surface area contributed by atoms with E-state index in [1.807, 2.05) is 57.2 Å². The second-order valence-corrected chi connectivity index (χ2v) is 8.69. The lowest BCUT2D eigenvalue weighted by atomic mass is 10.1. The Morgan fingerprint density at radius 2 is 2.06 bits per heavy atom. The third kappa shape index (κ3) is 5.12. The molecule has 1 aliphatic heterocycles. The highest BCUT2D eigenvalue weighted by Gasteiger charge is 2.32. The summed E-state index contributed by atoms with van der Waals surface area (Å²) in [6.45, 7) is 6.40. The zero-order valence-corrected chi connectivity index (χ0v) is 20.1. The quantitative estimate of drug-likeness (QED) is 0.483. The van der Waals surface area contributed by atoms with Gasteiger partial charge in [0.2, 0.25) is 0 Å². The topological polar surface area (TPSA) is 74.9 Å². The SMILES string of the molecule is CCN1C(=O)/C(=C\c2cc(Br)c(OCC#N)c(OC)c2)SC1=Nc1cc(C)ccc1C. The van der Waals surface area contributed by atoms with E-state index in [4.69, 9.17) is 19.7 Å². The minimum absolute atomic E-state index is 0.0866. The summed E-state index contributed by atoms with van der Waals surface area (Å²) in [6, 6.07) is 11.6. The molecule has 6 nitrogen and oxygen atoms in total. The van der Waals surface area contributed by atoms with E-state index >= 15 is 0 Å². The second kappa shape index (κ2) is 10.0. The van der Waals surface area contributed by atoms with Crippen LogP contribution in [0.3, 0.4) is 0 Å². The Labute approximate surface area is 194 Å². The summed E-state index contributed by atoms with van der Waals surface area (Å²) in [5.41, 5.74) is 3.81. The number of amidine groups is 1. The van der Waals surface area contributed by atoms with Crippen LogP contribution in [0.4, 0.5) is 5.69 Å². The van der Waals surface area contributed by atoms with Crippen LogP contribution >= 0.6 is 27.7 Å². The number of halogens is 1. The van der Waals surface area contributed by atoms with Gasteiger partial charge < -0.3 is 9.47 Å². The lowest BCUT2D eigenvalue weighted by molar-refractivity contribution is -0.122. The summed E-state index contributed by atoms with van der Waals surface area (Å²) >= 11 is 4.81. The summed E-state index contributed by atoms with van der Waals surface area (Å²) in [6.07, 6.45) is 1.81. The number of thioether (sulfide) groups is 1. The van der Waals surface area contributed by atoms with Crippen molar-refractivity contribution in [1.29, 1.82) is 5.26 Å². The number of hydrogen-bond acceptors (Lipinski definition) is 6. The number of rotatable bonds is 6. The number of likely N-dealkylation sites (N-methyl/N-ethyl adjacent to an activating group) is 1. The molecule has 1 saturated heterocycles. The molecule has 1 amide bonds. The number of nitriles is 1. The van der Waals surface area contributed by atoms with Crippen LogP contribution in [0.2, 0.25) is 0 Å². The Morgan fingerprint density at radius 3 is 2.74 bits per heavy atom. The van der Waals surface area contributed by atoms with E-state index in [2.05, 4.69) is 15.9 Å². The normalized spacial score (nSPS) is 16.1. The van der Waals surface area contributed by atoms with Crippen molar-refractivity contribution in [3.63, 3.8) is 0 Å². The zero-order valence-electron chi connectivity index (χ0n) is 17.7. The standard InChI is InChI=1S/C23H22BrN3O3S/c1-5-27-22(28)20(31-23(27)26-18-10-14(2)6-7-15(18)3)13-16-11-17(24)21(30-9-8-25)19(12-16)29-4/h6-7,10-13H,5,9H2,1-4H3/b20-13+,26-23?. The van der Waals surface area contributed by atoms with Crippen LogP contribution in [0.15, 0.2) is 44.7 Å². The van der Waals surface area contributed by atoms with Gasteiger partial charge in [0, 0.05) is 6.54 Å². The molecular formula is C23H22BrN3O3S. The number of amides is 1. The Hall–Kier alpha value is -2.76. The monoisotopic (exact) mass is 499 g/mol. The first-order valence-electron chi connectivity index (χ1n) is 9.62. The molecule has 0 atom stereocenters. The van der Waals surface area contributed by atoms with Crippen LogP contribution in [0.5, 0.6) is 11.5 Å². The minimum Gasteiger partial charge on any atom is -0.493 e. The molecule has 1 heterocycles. The molecule has 3 rings (SSSR count). The highest BCUT2D eigenvalue weighted by atomic mass is 79.9. The Kier molecular flexibility index (Phi) is 7.42. The van der Waals surface area contributed by atoms with Gasteiger partial charge in [0.15, 0.2) is 23.3 Å². The van der Waals surface area contributed by atoms with E-state index in [0.717, 1.165) is 22.4 Å². The number of aliphatic imine (C=N–C) groups is 1. The lowest BCUT2D eigenvalue weighted by Gasteiger charge is -2.13. The number of methoxy groups -OCH3 is 1. The van der Waals surface area contributed by atoms with Gasteiger partial charge in [0.25, 0.3) is 5.91 Å². The third-order valence-electron chi connectivity index (χ3n) is 4.62. The van der Waals surface area contributed by atoms with E-state index in [1.54, 1.807) is 11.0 Å². The number of aryl methyl sites for hydroxylation is 2. The molecule has 0 aliphatic carbocycles. The maximum atomic E-state index is 13.0. The van der Waals surface area contributed by atoms with Crippen molar-refractivity contribution in [3.8, 4) is 17.6 Å². The van der Waals surface area contributed by atoms with Gasteiger partial charge in [-0.15, -0.1) is 0 Å². The second-order valence-electron chi connectivity index (χ2n) is 6.83. The van der Waals surface area contributed by atoms with Crippen LogP contribution in [0.1, 0.15) is 23.6 Å². The van der Waals surface area contributed by atoms with Crippen LogP contribution in [0.25, 0.3) is 6.08 Å². The molecule has 31 heavy (non-hydrogen) atoms. The fraction of sp³-hybridized carbons (Fsp3) is 0.261. The smallest absolute Gasteiger partial charge is 0.266 e. The molecule has 0 unspecified atom stereocenters. The molecule has 0 bridgehead atoms. The van der Waals surface area contributed by atoms with Crippen LogP contribution < -0.4 is 9.47 Å². The predicted octanol–water partition coefficient (Wildman–Crippen LogP) is 5.60. The molecule has 1 aliphatic rings. The van der Waals surface area contributed by atoms with Crippen molar-refractivity contribution in [2.45, 2.75) is 20.8 Å². The molecule has 8 heteroatoms. The first-order chi connectivity index (χ1) is 14.9. The van der Waals surface area contributed by atoms with E-state index in [0.29, 0.717) is 32.6 Å². The molecule has 2 aromatic rings. The molecule has 0 saturated carbocycles. The van der Waals surface area contributed by atoms with Crippen molar-refractivity contribution in [3.05, 3.63) is 56.4 Å². The van der Waals surface area contributed by atoms with Gasteiger partial charge >= 0.3 is 0 Å². The zero-order chi connectivity index (χ0) is 22.5. The van der Waals surface area contributed by atoms with Gasteiger partial charge in [0.05, 0.1) is 22.2 Å². The maximum absolute atomic E-state index is 13.0. The summed E-state index contributed by atoms with van der Waals surface area (Å²) < 4.78 is 11.5. The highest BCUT2D eigenvalue weighted by Crippen LogP contribution is 2.39. The largest absolute Gasteiger partial charge is 0.493 e. The van der Waals surface area contributed by atoms with Crippen molar-refractivity contribution in [2.24, 2.45) is 4.99 Å². The first kappa shape index (κ1) is 22.9. The average molecular weight is 500 g/mol. The number of ether oxygens (including phenoxy) is 2. The van der Waals surface area contributed by atoms with E-state index in [-0.39, 0.29) is 12.5 Å². The number of nitrogens with zero attached hydrogens (tertiary/aromatic N) is 3. The van der Waals surface area contributed by atoms with Crippen molar-refractivity contribution < 1.29 is 14.3 Å². The molecule has 0 aromatic heterocycles. The van der Waals surface area contributed by atoms with Crippen LogP contribution in [-0.2, 0) is 4.79 Å². The summed E-state index contributed by atoms with van der Waals surface area (Å²) in [5.74, 6) is 0.837. The lowest BCUT2D eigenvalue weighted by Crippen LogP contribution is -2.28. The molecule has 0 radical (unpaired) electrons. The Morgan fingerprint density at radius 1 is 1.29 bits per heavy atom. The number of carbonyl (C=O) groups excluding carboxylic acids is 1. The van der Waals surface area contributed by atoms with Crippen molar-refractivity contribution in [1.82, 2.24) is 4.90 Å². The minimum atomic E-state index is -0.0899. The van der Waals surface area contributed by atoms with Gasteiger partial charge in [-0.2, -0.15) is 5.26 Å². The van der Waals surface area contributed by atoms with Crippen LogP contribution in [-0.4, -0.2) is 36.2 Å². The third-order valence-corrected chi connectivity index (χ3v) is 6.21. The molecule has 0 N–H and O–H groups in total. The van der Waals surface area contributed by atoms with Crippen LogP contribution in [0, 0.1) is 25.2 Å². The maximum Gasteiger partial charge on any atom is 0.266 e. The van der Waals surface area contributed by atoms with Crippen molar-refractivity contribution in [2.75, 3.05) is 20.3 Å². The molecule has 0 spiro atoms. The Bertz CT molecular complexity index is 1120. The molecule has 1 fully saturated rings. The predicted molar refractivity (Wildman–Crippen MR) is 128 cm³/mol. The first-order valence-corrected chi connectivity index (χ1v) is 11.2. The number of hydrogen-bond donors (Lipinski definition) is 0. The molecule has 160 valence electrons. The fourth-order valence-electron chi connectivity index (χ4n) is 3.03. The summed E-state index contributed by atoms with van der Waals surface area (Å²) in [4.78, 5) is 20.0. The van der Waals surface area contributed by atoms with Gasteiger partial charge in [-0.25, -0.2) is 4.99 Å². The summed E-state index contributed by atoms with van der Waals surface area (Å²) in [5, 5.41) is 9.43.